The standard InChI is InChI=1S/C15H14FN3O2/c1-10(20)18-12-7-5-11(6-8-12)9-17-15(21)13-3-2-4-14(16)19-13/h2-8H,9H2,1H3,(H,17,21)(H,18,20). The Morgan fingerprint density at radius 2 is 1.86 bits per heavy atom. The van der Waals surface area contributed by atoms with Crippen LogP contribution in [0.1, 0.15) is 23.0 Å². The molecule has 0 aliphatic carbocycles. The Kier molecular flexibility index (Phi) is 4.61. The predicted octanol–water partition coefficient (Wildman–Crippen LogP) is 2.11. The van der Waals surface area contributed by atoms with Gasteiger partial charge in [0.05, 0.1) is 0 Å². The minimum absolute atomic E-state index is 0.0323. The van der Waals surface area contributed by atoms with Gasteiger partial charge in [0.2, 0.25) is 11.9 Å². The Morgan fingerprint density at radius 3 is 2.48 bits per heavy atom. The molecule has 2 rings (SSSR count). The number of carbonyl (C=O) groups excluding carboxylic acids is 2. The first kappa shape index (κ1) is 14.6. The SMILES string of the molecule is CC(=O)Nc1ccc(CNC(=O)c2cccc(F)n2)cc1. The monoisotopic (exact) mass is 287 g/mol. The van der Waals surface area contributed by atoms with E-state index >= 15 is 0 Å². The van der Waals surface area contributed by atoms with E-state index in [4.69, 9.17) is 0 Å². The van der Waals surface area contributed by atoms with Gasteiger partial charge >= 0.3 is 0 Å². The third kappa shape index (κ3) is 4.38. The number of amides is 2. The van der Waals surface area contributed by atoms with Crippen molar-refractivity contribution in [3.63, 3.8) is 0 Å². The molecule has 0 aliphatic rings. The van der Waals surface area contributed by atoms with Gasteiger partial charge in [-0.15, -0.1) is 0 Å². The van der Waals surface area contributed by atoms with Crippen LogP contribution in [0.2, 0.25) is 0 Å². The summed E-state index contributed by atoms with van der Waals surface area (Å²) in [5.41, 5.74) is 1.57. The molecule has 0 saturated heterocycles. The Labute approximate surface area is 121 Å². The van der Waals surface area contributed by atoms with Crippen molar-refractivity contribution in [2.45, 2.75) is 13.5 Å². The maximum Gasteiger partial charge on any atom is 0.270 e. The second-order valence-corrected chi connectivity index (χ2v) is 4.41. The van der Waals surface area contributed by atoms with Gasteiger partial charge in [-0.3, -0.25) is 9.59 Å². The highest BCUT2D eigenvalue weighted by atomic mass is 19.1. The van der Waals surface area contributed by atoms with E-state index in [-0.39, 0.29) is 18.1 Å². The summed E-state index contributed by atoms with van der Waals surface area (Å²) in [7, 11) is 0. The summed E-state index contributed by atoms with van der Waals surface area (Å²) < 4.78 is 12.9. The second-order valence-electron chi connectivity index (χ2n) is 4.41. The summed E-state index contributed by atoms with van der Waals surface area (Å²) in [6.07, 6.45) is 0. The van der Waals surface area contributed by atoms with Gasteiger partial charge in [0, 0.05) is 19.2 Å². The maximum atomic E-state index is 12.9. The molecule has 0 aliphatic heterocycles. The molecule has 1 aromatic carbocycles. The van der Waals surface area contributed by atoms with Crippen molar-refractivity contribution in [1.29, 1.82) is 0 Å². The van der Waals surface area contributed by atoms with Crippen molar-refractivity contribution >= 4 is 17.5 Å². The van der Waals surface area contributed by atoms with Crippen molar-refractivity contribution in [2.75, 3.05) is 5.32 Å². The molecule has 2 N–H and O–H groups in total. The topological polar surface area (TPSA) is 71.1 Å². The van der Waals surface area contributed by atoms with Gasteiger partial charge in [0.15, 0.2) is 0 Å². The largest absolute Gasteiger partial charge is 0.347 e. The molecule has 0 radical (unpaired) electrons. The average molecular weight is 287 g/mol. The molecule has 2 amide bonds. The van der Waals surface area contributed by atoms with Crippen LogP contribution in [-0.4, -0.2) is 16.8 Å². The molecule has 0 atom stereocenters. The van der Waals surface area contributed by atoms with Gasteiger partial charge in [-0.2, -0.15) is 4.39 Å². The Morgan fingerprint density at radius 1 is 1.14 bits per heavy atom. The second kappa shape index (κ2) is 6.60. The quantitative estimate of drug-likeness (QED) is 0.846. The van der Waals surface area contributed by atoms with Crippen LogP contribution >= 0.6 is 0 Å². The first-order chi connectivity index (χ1) is 10.0. The normalized spacial score (nSPS) is 10.0. The van der Waals surface area contributed by atoms with Crippen LogP contribution in [0.3, 0.4) is 0 Å². The Balaban J connectivity index is 1.93. The van der Waals surface area contributed by atoms with Crippen molar-refractivity contribution in [3.8, 4) is 0 Å². The number of hydrogen-bond acceptors (Lipinski definition) is 3. The van der Waals surface area contributed by atoms with Crippen LogP contribution in [0.15, 0.2) is 42.5 Å². The van der Waals surface area contributed by atoms with Crippen molar-refractivity contribution < 1.29 is 14.0 Å². The highest BCUT2D eigenvalue weighted by Crippen LogP contribution is 2.09. The highest BCUT2D eigenvalue weighted by molar-refractivity contribution is 5.92. The lowest BCUT2D eigenvalue weighted by molar-refractivity contribution is -0.114. The number of benzene rings is 1. The first-order valence-electron chi connectivity index (χ1n) is 6.32. The van der Waals surface area contributed by atoms with E-state index in [1.165, 1.54) is 25.1 Å². The fourth-order valence-electron chi connectivity index (χ4n) is 1.72. The number of nitrogens with zero attached hydrogens (tertiary/aromatic N) is 1. The number of nitrogens with one attached hydrogen (secondary N) is 2. The average Bonchev–Trinajstić information content (AvgIpc) is 2.45. The predicted molar refractivity (Wildman–Crippen MR) is 76.1 cm³/mol. The first-order valence-corrected chi connectivity index (χ1v) is 6.32. The van der Waals surface area contributed by atoms with E-state index in [0.717, 1.165) is 5.56 Å². The van der Waals surface area contributed by atoms with Gasteiger partial charge in [-0.25, -0.2) is 4.98 Å². The molecule has 1 aromatic heterocycles. The lowest BCUT2D eigenvalue weighted by atomic mass is 10.2. The molecule has 5 nitrogen and oxygen atoms in total. The Hall–Kier alpha value is -2.76. The third-order valence-corrected chi connectivity index (χ3v) is 2.68. The van der Waals surface area contributed by atoms with E-state index in [2.05, 4.69) is 15.6 Å². The smallest absolute Gasteiger partial charge is 0.270 e. The molecular formula is C15H14FN3O2. The lowest BCUT2D eigenvalue weighted by Gasteiger charge is -2.06. The number of hydrogen-bond donors (Lipinski definition) is 2. The molecule has 0 saturated carbocycles. The van der Waals surface area contributed by atoms with Gasteiger partial charge in [-0.1, -0.05) is 18.2 Å². The van der Waals surface area contributed by atoms with Crippen LogP contribution in [0, 0.1) is 5.95 Å². The van der Waals surface area contributed by atoms with Gasteiger partial charge in [0.1, 0.15) is 5.69 Å². The van der Waals surface area contributed by atoms with E-state index in [9.17, 15) is 14.0 Å². The van der Waals surface area contributed by atoms with Crippen LogP contribution in [0.4, 0.5) is 10.1 Å². The maximum absolute atomic E-state index is 12.9. The van der Waals surface area contributed by atoms with Crippen LogP contribution in [-0.2, 0) is 11.3 Å². The number of halogens is 1. The van der Waals surface area contributed by atoms with Gasteiger partial charge in [-0.05, 0) is 29.8 Å². The fourth-order valence-corrected chi connectivity index (χ4v) is 1.72. The minimum Gasteiger partial charge on any atom is -0.347 e. The number of anilines is 1. The number of pyridine rings is 1. The van der Waals surface area contributed by atoms with Crippen LogP contribution in [0.25, 0.3) is 0 Å². The number of rotatable bonds is 4. The highest BCUT2D eigenvalue weighted by Gasteiger charge is 2.07. The third-order valence-electron chi connectivity index (χ3n) is 2.68. The van der Waals surface area contributed by atoms with Crippen LogP contribution in [0.5, 0.6) is 0 Å². The molecule has 6 heteroatoms. The number of carbonyl (C=O) groups is 2. The fraction of sp³-hybridized carbons (Fsp3) is 0.133. The summed E-state index contributed by atoms with van der Waals surface area (Å²) in [6.45, 7) is 1.72. The lowest BCUT2D eigenvalue weighted by Crippen LogP contribution is -2.24. The van der Waals surface area contributed by atoms with Crippen molar-refractivity contribution in [2.24, 2.45) is 0 Å². The molecule has 0 spiro atoms. The summed E-state index contributed by atoms with van der Waals surface area (Å²) in [6, 6.07) is 11.1. The van der Waals surface area contributed by atoms with E-state index in [1.807, 2.05) is 0 Å². The molecule has 1 heterocycles. The van der Waals surface area contributed by atoms with E-state index in [0.29, 0.717) is 5.69 Å². The molecular weight excluding hydrogens is 273 g/mol. The molecule has 108 valence electrons. The summed E-state index contributed by atoms with van der Waals surface area (Å²) in [5, 5.41) is 5.30. The van der Waals surface area contributed by atoms with Gasteiger partial charge in [0.25, 0.3) is 5.91 Å². The minimum atomic E-state index is -0.692. The summed E-state index contributed by atoms with van der Waals surface area (Å²) >= 11 is 0. The van der Waals surface area contributed by atoms with Crippen molar-refractivity contribution in [1.82, 2.24) is 10.3 Å². The molecule has 0 unspecified atom stereocenters. The van der Waals surface area contributed by atoms with E-state index < -0.39 is 11.9 Å². The Bertz CT molecular complexity index is 656. The molecule has 0 bridgehead atoms. The van der Waals surface area contributed by atoms with Crippen LogP contribution < -0.4 is 10.6 Å². The van der Waals surface area contributed by atoms with Crippen molar-refractivity contribution in [3.05, 3.63) is 59.7 Å². The summed E-state index contributed by atoms with van der Waals surface area (Å²) in [5.74, 6) is -1.28. The molecule has 21 heavy (non-hydrogen) atoms. The number of aromatic nitrogens is 1. The van der Waals surface area contributed by atoms with Gasteiger partial charge < -0.3 is 10.6 Å². The molecule has 0 fully saturated rings. The summed E-state index contributed by atoms with van der Waals surface area (Å²) in [4.78, 5) is 26.2. The zero-order valence-corrected chi connectivity index (χ0v) is 11.4. The molecule has 2 aromatic rings. The van der Waals surface area contributed by atoms with E-state index in [1.54, 1.807) is 24.3 Å². The zero-order valence-electron chi connectivity index (χ0n) is 11.4. The zero-order chi connectivity index (χ0) is 15.2.